The minimum absolute atomic E-state index is 0.122. The smallest absolute Gasteiger partial charge is 0.463 e. The molecule has 0 radical (unpaired) electrons. The Labute approximate surface area is 445 Å². The van der Waals surface area contributed by atoms with E-state index in [1.807, 2.05) is 0 Å². The molecule has 5 N–H and O–H groups in total. The number of nitrogens with zero attached hydrogens (tertiary/aromatic N) is 2. The van der Waals surface area contributed by atoms with Crippen molar-refractivity contribution in [3.05, 3.63) is 22.7 Å². The summed E-state index contributed by atoms with van der Waals surface area (Å²) in [6.45, 7) is 1.88. The molecule has 0 spiro atoms. The number of phosphoric acid groups is 1. The summed E-state index contributed by atoms with van der Waals surface area (Å²) in [5.41, 5.74) is 4.27. The van der Waals surface area contributed by atoms with Crippen LogP contribution in [0.15, 0.2) is 17.1 Å². The molecule has 2 heterocycles. The normalized spacial score (nSPS) is 17.3. The molecule has 1 aliphatic heterocycles. The van der Waals surface area contributed by atoms with E-state index < -0.39 is 100 Å². The molecule has 2 unspecified atom stereocenters. The number of phosphoric ester groups is 1. The number of aliphatic hydroxyl groups excluding tert-OH is 1. The van der Waals surface area contributed by atoms with Crippen molar-refractivity contribution in [3.63, 3.8) is 0 Å². The third kappa shape index (κ3) is 32.7. The summed E-state index contributed by atoms with van der Waals surface area (Å²) in [7, 11) is -4.76. The SMILES string of the molecule is CCCCCCCCCCCCCCCCCC(=O)OC[C@H](COP(=O)(O)OCCNC(=O)CCC(=O)OC[C@H]1O[C@@H](n2ccc(N)nc2=O)C(F)(F)C1O)OC(=O)CCCCCCCCCCCCCCCCC. The van der Waals surface area contributed by atoms with Gasteiger partial charge in [0.15, 0.2) is 12.2 Å². The molecule has 1 amide bonds. The van der Waals surface area contributed by atoms with Crippen LogP contribution in [0.4, 0.5) is 14.6 Å². The number of hydrogen-bond donors (Lipinski definition) is 4. The molecule has 0 aromatic carbocycles. The standard InChI is InChI=1S/C54H95F2N4O14P/c1-3-5-7-9-11-13-15-17-19-21-23-25-27-29-31-33-48(62)69-41-44(73-50(64)34-32-30-28-26-24-22-20-18-16-14-12-10-8-6-4-2)42-72-75(67,68)71-40-38-58-47(61)35-36-49(63)70-43-45-51(65)54(55,56)52(74-45)60-39-37-46(57)59-53(60)66/h37,39,44-45,51-52,65H,3-36,38,40-43H2,1-2H3,(H,58,61)(H,67,68)(H2,57,59,66)/t44-,45-,51?,52-/m1/s1. The largest absolute Gasteiger partial charge is 0.472 e. The number of alkyl halides is 2. The Hall–Kier alpha value is -3.55. The minimum Gasteiger partial charge on any atom is -0.463 e. The maximum atomic E-state index is 14.8. The number of aromatic nitrogens is 2. The first-order chi connectivity index (χ1) is 36.1. The van der Waals surface area contributed by atoms with E-state index in [9.17, 15) is 47.3 Å². The fourth-order valence-electron chi connectivity index (χ4n) is 8.73. The molecule has 18 nitrogen and oxygen atoms in total. The second-order valence-electron chi connectivity index (χ2n) is 20.0. The van der Waals surface area contributed by atoms with E-state index in [2.05, 4.69) is 24.1 Å². The fourth-order valence-corrected chi connectivity index (χ4v) is 9.48. The Morgan fingerprint density at radius 2 is 1.15 bits per heavy atom. The number of carbonyl (C=O) groups excluding carboxylic acids is 4. The van der Waals surface area contributed by atoms with Crippen LogP contribution in [-0.4, -0.2) is 101 Å². The number of nitrogen functional groups attached to an aromatic ring is 1. The third-order valence-corrected chi connectivity index (χ3v) is 14.2. The van der Waals surface area contributed by atoms with Crippen molar-refractivity contribution < 1.29 is 70.5 Å². The monoisotopic (exact) mass is 1090 g/mol. The summed E-state index contributed by atoms with van der Waals surface area (Å²) in [6, 6.07) is 1.09. The highest BCUT2D eigenvalue weighted by molar-refractivity contribution is 7.47. The summed E-state index contributed by atoms with van der Waals surface area (Å²) in [5.74, 6) is -6.86. The van der Waals surface area contributed by atoms with E-state index in [4.69, 9.17) is 33.7 Å². The zero-order chi connectivity index (χ0) is 55.0. The predicted octanol–water partition coefficient (Wildman–Crippen LogP) is 11.3. The number of hydrogen-bond acceptors (Lipinski definition) is 15. The second-order valence-corrected chi connectivity index (χ2v) is 21.5. The van der Waals surface area contributed by atoms with Crippen molar-refractivity contribution in [2.24, 2.45) is 0 Å². The molecule has 1 aliphatic rings. The van der Waals surface area contributed by atoms with E-state index in [0.717, 1.165) is 57.2 Å². The molecule has 1 saturated heterocycles. The number of rotatable bonds is 48. The quantitative estimate of drug-likeness (QED) is 0.0205. The zero-order valence-corrected chi connectivity index (χ0v) is 46.4. The van der Waals surface area contributed by atoms with Crippen molar-refractivity contribution in [1.29, 1.82) is 0 Å². The highest BCUT2D eigenvalue weighted by Gasteiger charge is 2.60. The van der Waals surface area contributed by atoms with Gasteiger partial charge in [-0.15, -0.1) is 0 Å². The van der Waals surface area contributed by atoms with Crippen LogP contribution in [0.25, 0.3) is 0 Å². The minimum atomic E-state index is -4.76. The number of amides is 1. The lowest BCUT2D eigenvalue weighted by Crippen LogP contribution is -2.42. The van der Waals surface area contributed by atoms with Crippen molar-refractivity contribution in [1.82, 2.24) is 14.9 Å². The number of carbonyl (C=O) groups is 4. The topological polar surface area (TPSA) is 254 Å². The average Bonchev–Trinajstić information content (AvgIpc) is 3.60. The van der Waals surface area contributed by atoms with E-state index in [1.165, 1.54) is 135 Å². The van der Waals surface area contributed by atoms with E-state index in [0.29, 0.717) is 17.4 Å². The number of esters is 3. The molecule has 1 aromatic heterocycles. The summed E-state index contributed by atoms with van der Waals surface area (Å²) in [5, 5.41) is 12.5. The van der Waals surface area contributed by atoms with Crippen LogP contribution in [0.2, 0.25) is 0 Å². The number of anilines is 1. The van der Waals surface area contributed by atoms with Gasteiger partial charge in [-0.2, -0.15) is 13.8 Å². The van der Waals surface area contributed by atoms with Crippen molar-refractivity contribution in [2.75, 3.05) is 38.7 Å². The fraction of sp³-hybridized carbons (Fsp3) is 0.852. The maximum Gasteiger partial charge on any atom is 0.472 e. The van der Waals surface area contributed by atoms with Gasteiger partial charge in [-0.3, -0.25) is 32.8 Å². The average molecular weight is 1090 g/mol. The number of ether oxygens (including phenoxy) is 4. The van der Waals surface area contributed by atoms with Crippen molar-refractivity contribution >= 4 is 37.5 Å². The Morgan fingerprint density at radius 1 is 0.693 bits per heavy atom. The van der Waals surface area contributed by atoms with Gasteiger partial charge < -0.3 is 40.0 Å². The number of unbranched alkanes of at least 4 members (excludes halogenated alkanes) is 28. The third-order valence-electron chi connectivity index (χ3n) is 13.2. The van der Waals surface area contributed by atoms with Crippen LogP contribution >= 0.6 is 7.82 Å². The molecule has 2 rings (SSSR count). The van der Waals surface area contributed by atoms with Gasteiger partial charge in [0.25, 0.3) is 0 Å². The summed E-state index contributed by atoms with van der Waals surface area (Å²) in [6.07, 6.45) is 28.4. The lowest BCUT2D eigenvalue weighted by atomic mass is 10.0. The highest BCUT2D eigenvalue weighted by atomic mass is 31.2. The first kappa shape index (κ1) is 67.6. The van der Waals surface area contributed by atoms with Gasteiger partial charge in [-0.25, -0.2) is 9.36 Å². The van der Waals surface area contributed by atoms with Gasteiger partial charge in [-0.1, -0.05) is 194 Å². The van der Waals surface area contributed by atoms with Crippen LogP contribution in [0, 0.1) is 0 Å². The van der Waals surface area contributed by atoms with Crippen LogP contribution < -0.4 is 16.7 Å². The number of halogens is 2. The molecule has 434 valence electrons. The van der Waals surface area contributed by atoms with Gasteiger partial charge >= 0.3 is 37.3 Å². The van der Waals surface area contributed by atoms with E-state index in [-0.39, 0.29) is 31.8 Å². The first-order valence-corrected chi connectivity index (χ1v) is 30.0. The Kier molecular flexibility index (Phi) is 37.4. The van der Waals surface area contributed by atoms with Gasteiger partial charge in [-0.05, 0) is 18.9 Å². The lowest BCUT2D eigenvalue weighted by Gasteiger charge is -2.20. The first-order valence-electron chi connectivity index (χ1n) is 28.5. The number of nitrogens with one attached hydrogen (secondary N) is 1. The highest BCUT2D eigenvalue weighted by Crippen LogP contribution is 2.43. The Bertz CT molecular complexity index is 1810. The van der Waals surface area contributed by atoms with E-state index in [1.54, 1.807) is 0 Å². The molecule has 21 heteroatoms. The second kappa shape index (κ2) is 41.5. The molecule has 1 aromatic rings. The molecule has 0 bridgehead atoms. The van der Waals surface area contributed by atoms with Gasteiger partial charge in [0.2, 0.25) is 12.1 Å². The van der Waals surface area contributed by atoms with Crippen LogP contribution in [0.3, 0.4) is 0 Å². The van der Waals surface area contributed by atoms with Crippen LogP contribution in [-0.2, 0) is 51.7 Å². The maximum absolute atomic E-state index is 14.8. The summed E-state index contributed by atoms with van der Waals surface area (Å²) in [4.78, 5) is 76.0. The van der Waals surface area contributed by atoms with Gasteiger partial charge in [0.1, 0.15) is 25.1 Å². The molecule has 0 saturated carbocycles. The molecule has 0 aliphatic carbocycles. The molecular weight excluding hydrogens is 998 g/mol. The lowest BCUT2D eigenvalue weighted by molar-refractivity contribution is -0.161. The number of aliphatic hydroxyl groups is 1. The predicted molar refractivity (Wildman–Crippen MR) is 283 cm³/mol. The Balaban J connectivity index is 1.71. The Morgan fingerprint density at radius 3 is 1.63 bits per heavy atom. The van der Waals surface area contributed by atoms with Gasteiger partial charge in [0, 0.05) is 32.0 Å². The number of nitrogens with two attached hydrogens (primary N) is 1. The summed E-state index contributed by atoms with van der Waals surface area (Å²) >= 11 is 0. The van der Waals surface area contributed by atoms with Gasteiger partial charge in [0.05, 0.1) is 19.6 Å². The van der Waals surface area contributed by atoms with Crippen molar-refractivity contribution in [2.45, 2.75) is 263 Å². The van der Waals surface area contributed by atoms with Crippen molar-refractivity contribution in [3.8, 4) is 0 Å². The molecule has 75 heavy (non-hydrogen) atoms. The summed E-state index contributed by atoms with van der Waals surface area (Å²) < 4.78 is 73.9. The molecule has 1 fully saturated rings. The molecule has 5 atom stereocenters. The van der Waals surface area contributed by atoms with E-state index >= 15 is 0 Å². The zero-order valence-electron chi connectivity index (χ0n) is 45.5. The molecular formula is C54H95F2N4O14P. The van der Waals surface area contributed by atoms with Crippen LogP contribution in [0.1, 0.15) is 238 Å². The van der Waals surface area contributed by atoms with Crippen LogP contribution in [0.5, 0.6) is 0 Å².